The van der Waals surface area contributed by atoms with Gasteiger partial charge in [0.15, 0.2) is 10.8 Å². The van der Waals surface area contributed by atoms with Crippen molar-refractivity contribution in [3.63, 3.8) is 0 Å². The highest BCUT2D eigenvalue weighted by molar-refractivity contribution is 7.89. The van der Waals surface area contributed by atoms with Crippen molar-refractivity contribution in [1.29, 1.82) is 0 Å². The van der Waals surface area contributed by atoms with Crippen molar-refractivity contribution >= 4 is 50.3 Å². The smallest absolute Gasteiger partial charge is 0.374 e. The fraction of sp³-hybridized carbons (Fsp3) is 0.222. The van der Waals surface area contributed by atoms with Crippen LogP contribution in [-0.4, -0.2) is 25.1 Å². The second kappa shape index (κ2) is 10.3. The maximum Gasteiger partial charge on any atom is 0.416 e. The van der Waals surface area contributed by atoms with E-state index in [0.717, 1.165) is 16.6 Å². The number of benzene rings is 3. The number of para-hydroxylation sites is 1. The number of anilines is 2. The van der Waals surface area contributed by atoms with Crippen LogP contribution in [0.15, 0.2) is 76.7 Å². The van der Waals surface area contributed by atoms with E-state index in [2.05, 4.69) is 5.10 Å². The van der Waals surface area contributed by atoms with Crippen LogP contribution in [0.4, 0.5) is 24.5 Å². The van der Waals surface area contributed by atoms with E-state index >= 15 is 0 Å². The summed E-state index contributed by atoms with van der Waals surface area (Å²) >= 11 is 5.14. The molecule has 0 fully saturated rings. The Balaban J connectivity index is 1.92. The zero-order chi connectivity index (χ0) is 29.6. The first-order chi connectivity index (χ1) is 18.5. The van der Waals surface area contributed by atoms with Crippen molar-refractivity contribution < 1.29 is 26.4 Å². The van der Waals surface area contributed by atoms with Crippen LogP contribution in [0.5, 0.6) is 0 Å². The molecule has 3 aromatic rings. The lowest BCUT2D eigenvalue weighted by Crippen LogP contribution is -2.36. The molecule has 3 aromatic carbocycles. The highest BCUT2D eigenvalue weighted by Gasteiger charge is 2.39. The molecule has 0 saturated heterocycles. The molecule has 0 aliphatic carbocycles. The number of alkyl halides is 3. The summed E-state index contributed by atoms with van der Waals surface area (Å²) < 4.78 is 65.7. The summed E-state index contributed by atoms with van der Waals surface area (Å²) in [4.78, 5) is 14.7. The average Bonchev–Trinajstić information content (AvgIpc) is 3.11. The van der Waals surface area contributed by atoms with Crippen molar-refractivity contribution in [2.75, 3.05) is 9.91 Å². The van der Waals surface area contributed by atoms with Crippen molar-refractivity contribution in [1.82, 2.24) is 0 Å². The zero-order valence-corrected chi connectivity index (χ0v) is 23.4. The van der Waals surface area contributed by atoms with Gasteiger partial charge in [-0.15, -0.1) is 0 Å². The Morgan fingerprint density at radius 3 is 2.25 bits per heavy atom. The Kier molecular flexibility index (Phi) is 7.52. The standard InChI is InChI=1S/C27H26F3N5O3S2/c1-26(2,3)17-12-13-20-18(14-17)23(24(36)34(20)15-16-8-4-5-9-19(16)27(28,29)30)33-35(25(31)39)21-10-6-7-11-22(21)40(32,37)38/h4-14H,15H2,1-3H3,(H2,31,39)(H2,32,37,38)/b33-23-. The highest BCUT2D eigenvalue weighted by atomic mass is 32.2. The predicted molar refractivity (Wildman–Crippen MR) is 151 cm³/mol. The summed E-state index contributed by atoms with van der Waals surface area (Å²) in [6, 6.07) is 15.7. The number of fused-ring (bicyclic) bond motifs is 1. The molecule has 4 N–H and O–H groups in total. The van der Waals surface area contributed by atoms with Crippen LogP contribution in [0.3, 0.4) is 0 Å². The molecular formula is C27H26F3N5O3S2. The second-order valence-corrected chi connectivity index (χ2v) is 12.1. The number of sulfonamides is 1. The Morgan fingerprint density at radius 2 is 1.65 bits per heavy atom. The first kappa shape index (κ1) is 29.2. The van der Waals surface area contributed by atoms with Crippen molar-refractivity contribution in [3.8, 4) is 0 Å². The fourth-order valence-corrected chi connectivity index (χ4v) is 5.19. The number of nitrogens with zero attached hydrogens (tertiary/aromatic N) is 3. The van der Waals surface area contributed by atoms with Gasteiger partial charge in [-0.25, -0.2) is 18.6 Å². The molecule has 0 atom stereocenters. The minimum Gasteiger partial charge on any atom is -0.374 e. The molecule has 4 rings (SSSR count). The topological polar surface area (TPSA) is 122 Å². The van der Waals surface area contributed by atoms with E-state index in [1.807, 2.05) is 20.8 Å². The second-order valence-electron chi connectivity index (χ2n) is 10.1. The number of hydrogen-bond donors (Lipinski definition) is 2. The molecule has 1 heterocycles. The lowest BCUT2D eigenvalue weighted by atomic mass is 9.85. The van der Waals surface area contributed by atoms with Gasteiger partial charge in [0.05, 0.1) is 23.5 Å². The average molecular weight is 590 g/mol. The number of rotatable bonds is 5. The van der Waals surface area contributed by atoms with Gasteiger partial charge in [0, 0.05) is 5.56 Å². The van der Waals surface area contributed by atoms with E-state index in [9.17, 15) is 26.4 Å². The lowest BCUT2D eigenvalue weighted by molar-refractivity contribution is -0.138. The summed E-state index contributed by atoms with van der Waals surface area (Å²) in [5, 5.41) is 10.3. The van der Waals surface area contributed by atoms with Crippen molar-refractivity contribution in [2.45, 2.75) is 43.8 Å². The van der Waals surface area contributed by atoms with Gasteiger partial charge in [-0.2, -0.15) is 18.3 Å². The van der Waals surface area contributed by atoms with Gasteiger partial charge in [0.25, 0.3) is 5.91 Å². The molecule has 210 valence electrons. The van der Waals surface area contributed by atoms with Crippen molar-refractivity contribution in [3.05, 3.63) is 89.0 Å². The molecule has 13 heteroatoms. The maximum atomic E-state index is 13.8. The van der Waals surface area contributed by atoms with Crippen molar-refractivity contribution in [2.24, 2.45) is 16.0 Å². The van der Waals surface area contributed by atoms with E-state index in [1.165, 1.54) is 47.4 Å². The largest absolute Gasteiger partial charge is 0.416 e. The Labute approximate surface area is 235 Å². The molecule has 40 heavy (non-hydrogen) atoms. The van der Waals surface area contributed by atoms with Crippen LogP contribution in [0.1, 0.15) is 43.0 Å². The molecular weight excluding hydrogens is 563 g/mol. The van der Waals surface area contributed by atoms with E-state index < -0.39 is 34.2 Å². The minimum absolute atomic E-state index is 0.0906. The third-order valence-electron chi connectivity index (χ3n) is 6.32. The third kappa shape index (κ3) is 5.71. The molecule has 1 aliphatic heterocycles. The molecule has 0 unspecified atom stereocenters. The Hall–Kier alpha value is -3.81. The third-order valence-corrected chi connectivity index (χ3v) is 7.45. The van der Waals surface area contributed by atoms with E-state index in [0.29, 0.717) is 11.3 Å². The van der Waals surface area contributed by atoms with Crippen LogP contribution in [0.25, 0.3) is 0 Å². The summed E-state index contributed by atoms with van der Waals surface area (Å²) in [7, 11) is -4.24. The molecule has 8 nitrogen and oxygen atoms in total. The number of hydrogen-bond acceptors (Lipinski definition) is 5. The van der Waals surface area contributed by atoms with E-state index in [4.69, 9.17) is 23.1 Å². The van der Waals surface area contributed by atoms with Crippen LogP contribution in [-0.2, 0) is 33.0 Å². The number of hydrazone groups is 1. The van der Waals surface area contributed by atoms with Gasteiger partial charge in [-0.05, 0) is 59.1 Å². The molecule has 0 aromatic heterocycles. The lowest BCUT2D eigenvalue weighted by Gasteiger charge is -2.22. The molecule has 1 aliphatic rings. The SMILES string of the molecule is CC(C)(C)c1ccc2c(c1)/C(=N/N(C(N)=S)c1ccccc1S(N)(=O)=O)C(=O)N2Cc1ccccc1C(F)(F)F. The van der Waals surface area contributed by atoms with Gasteiger partial charge in [-0.3, -0.25) is 4.79 Å². The molecule has 0 bridgehead atoms. The predicted octanol–water partition coefficient (Wildman–Crippen LogP) is 4.65. The quantitative estimate of drug-likeness (QED) is 0.330. The molecule has 0 saturated carbocycles. The maximum absolute atomic E-state index is 13.8. The van der Waals surface area contributed by atoms with E-state index in [1.54, 1.807) is 18.2 Å². The minimum atomic E-state index is -4.63. The summed E-state index contributed by atoms with van der Waals surface area (Å²) in [5.41, 5.74) is 5.81. The number of carbonyl (C=O) groups excluding carboxylic acids is 1. The van der Waals surface area contributed by atoms with Gasteiger partial charge in [-0.1, -0.05) is 57.2 Å². The summed E-state index contributed by atoms with van der Waals surface area (Å²) in [6.45, 7) is 5.49. The number of halogens is 3. The van der Waals surface area contributed by atoms with Crippen LogP contribution < -0.4 is 20.8 Å². The van der Waals surface area contributed by atoms with Gasteiger partial charge in [0.1, 0.15) is 4.90 Å². The summed E-state index contributed by atoms with van der Waals surface area (Å²) in [6.07, 6.45) is -4.63. The first-order valence-electron chi connectivity index (χ1n) is 11.9. The van der Waals surface area contributed by atoms with Gasteiger partial charge >= 0.3 is 6.18 Å². The number of thiocarbonyl (C=S) groups is 1. The number of primary sulfonamides is 1. The monoisotopic (exact) mass is 589 g/mol. The van der Waals surface area contributed by atoms with Gasteiger partial charge in [0.2, 0.25) is 10.0 Å². The highest BCUT2D eigenvalue weighted by Crippen LogP contribution is 2.38. The van der Waals surface area contributed by atoms with Crippen LogP contribution >= 0.6 is 12.2 Å². The fourth-order valence-electron chi connectivity index (χ4n) is 4.33. The summed E-state index contributed by atoms with van der Waals surface area (Å²) in [5.74, 6) is -0.715. The van der Waals surface area contributed by atoms with Crippen LogP contribution in [0, 0.1) is 0 Å². The number of nitrogens with two attached hydrogens (primary N) is 2. The Bertz CT molecular complexity index is 1650. The number of carbonyl (C=O) groups is 1. The molecule has 1 amide bonds. The zero-order valence-electron chi connectivity index (χ0n) is 21.7. The Morgan fingerprint density at radius 1 is 1.02 bits per heavy atom. The normalized spacial score (nSPS) is 14.9. The number of amides is 1. The van der Waals surface area contributed by atoms with E-state index in [-0.39, 0.29) is 32.4 Å². The van der Waals surface area contributed by atoms with Crippen LogP contribution in [0.2, 0.25) is 0 Å². The first-order valence-corrected chi connectivity index (χ1v) is 13.9. The molecule has 0 spiro atoms. The molecule has 0 radical (unpaired) electrons. The van der Waals surface area contributed by atoms with Gasteiger partial charge < -0.3 is 10.6 Å².